The topological polar surface area (TPSA) is 79.1 Å². The molecule has 2 N–H and O–H groups in total. The highest BCUT2D eigenvalue weighted by Crippen LogP contribution is 2.43. The molecule has 0 aromatic rings. The van der Waals surface area contributed by atoms with Gasteiger partial charge in [-0.2, -0.15) is 0 Å². The van der Waals surface area contributed by atoms with Crippen molar-refractivity contribution in [2.45, 2.75) is 51.0 Å². The zero-order chi connectivity index (χ0) is 19.2. The molecule has 0 fully saturated rings. The van der Waals surface area contributed by atoms with Crippen LogP contribution < -0.4 is 0 Å². The molecule has 2 aliphatic carbocycles. The molecule has 0 aromatic heterocycles. The van der Waals surface area contributed by atoms with Gasteiger partial charge in [-0.3, -0.25) is 9.79 Å². The monoisotopic (exact) mass is 375 g/mol. The van der Waals surface area contributed by atoms with Crippen LogP contribution in [0.25, 0.3) is 0 Å². The van der Waals surface area contributed by atoms with E-state index in [2.05, 4.69) is 29.4 Å². The first kappa shape index (κ1) is 20.3. The minimum Gasteiger partial charge on any atom is -0.481 e. The van der Waals surface area contributed by atoms with E-state index in [-0.39, 0.29) is 19.1 Å². The van der Waals surface area contributed by atoms with E-state index in [1.54, 1.807) is 7.11 Å². The van der Waals surface area contributed by atoms with Gasteiger partial charge in [0.1, 0.15) is 0 Å². The van der Waals surface area contributed by atoms with Crippen LogP contribution >= 0.6 is 0 Å². The fourth-order valence-electron chi connectivity index (χ4n) is 5.24. The number of methoxy groups -OCH3 is 1. The van der Waals surface area contributed by atoms with Crippen molar-refractivity contribution >= 4 is 12.2 Å². The number of aliphatic hydroxyl groups excluding tert-OH is 1. The Hall–Kier alpha value is -1.46. The first-order chi connectivity index (χ1) is 13.1. The van der Waals surface area contributed by atoms with Crippen LogP contribution in [0.2, 0.25) is 0 Å². The number of hydrogen-bond donors (Lipinski definition) is 2. The number of aliphatic carboxylic acids is 1. The SMILES string of the molecule is COC1C=CC(C2C=C(CO)C(C3C=NCCC3)CC2)C(CCC(=O)O)C1. The number of hydrogen-bond acceptors (Lipinski definition) is 4. The molecule has 0 saturated heterocycles. The lowest BCUT2D eigenvalue weighted by Crippen LogP contribution is -2.33. The Labute approximate surface area is 162 Å². The quantitative estimate of drug-likeness (QED) is 0.668. The van der Waals surface area contributed by atoms with E-state index in [1.165, 1.54) is 0 Å². The van der Waals surface area contributed by atoms with Crippen LogP contribution in [0.1, 0.15) is 44.9 Å². The first-order valence-corrected chi connectivity index (χ1v) is 10.4. The summed E-state index contributed by atoms with van der Waals surface area (Å²) in [6.07, 6.45) is 15.1. The van der Waals surface area contributed by atoms with Gasteiger partial charge < -0.3 is 14.9 Å². The van der Waals surface area contributed by atoms with Crippen LogP contribution in [-0.4, -0.2) is 48.8 Å². The van der Waals surface area contributed by atoms with E-state index in [0.29, 0.717) is 36.0 Å². The lowest BCUT2D eigenvalue weighted by atomic mass is 9.66. The van der Waals surface area contributed by atoms with Crippen LogP contribution in [0.15, 0.2) is 28.8 Å². The minimum absolute atomic E-state index is 0.0797. The van der Waals surface area contributed by atoms with Crippen molar-refractivity contribution in [1.29, 1.82) is 0 Å². The van der Waals surface area contributed by atoms with Gasteiger partial charge in [0, 0.05) is 32.2 Å². The van der Waals surface area contributed by atoms with E-state index >= 15 is 0 Å². The van der Waals surface area contributed by atoms with Gasteiger partial charge in [0.25, 0.3) is 0 Å². The maximum atomic E-state index is 11.1. The first-order valence-electron chi connectivity index (χ1n) is 10.4. The van der Waals surface area contributed by atoms with Gasteiger partial charge in [0.15, 0.2) is 0 Å². The lowest BCUT2D eigenvalue weighted by molar-refractivity contribution is -0.137. The second-order valence-corrected chi connectivity index (χ2v) is 8.27. The van der Waals surface area contributed by atoms with Gasteiger partial charge in [0.2, 0.25) is 0 Å². The Morgan fingerprint density at radius 1 is 1.26 bits per heavy atom. The average molecular weight is 376 g/mol. The Kier molecular flexibility index (Phi) is 7.25. The van der Waals surface area contributed by atoms with Crippen LogP contribution in [-0.2, 0) is 9.53 Å². The van der Waals surface area contributed by atoms with E-state index in [1.807, 2.05) is 0 Å². The van der Waals surface area contributed by atoms with E-state index < -0.39 is 5.97 Å². The second kappa shape index (κ2) is 9.65. The fraction of sp³-hybridized carbons (Fsp3) is 0.727. The molecule has 0 radical (unpaired) electrons. The van der Waals surface area contributed by atoms with Crippen LogP contribution in [0.3, 0.4) is 0 Å². The Morgan fingerprint density at radius 2 is 2.11 bits per heavy atom. The highest BCUT2D eigenvalue weighted by atomic mass is 16.5. The van der Waals surface area contributed by atoms with Crippen molar-refractivity contribution in [2.24, 2.45) is 34.6 Å². The van der Waals surface area contributed by atoms with E-state index in [9.17, 15) is 9.90 Å². The number of allylic oxidation sites excluding steroid dienone is 2. The van der Waals surface area contributed by atoms with Gasteiger partial charge in [-0.1, -0.05) is 18.2 Å². The molecule has 27 heavy (non-hydrogen) atoms. The largest absolute Gasteiger partial charge is 0.481 e. The van der Waals surface area contributed by atoms with E-state index in [4.69, 9.17) is 9.84 Å². The maximum Gasteiger partial charge on any atom is 0.303 e. The molecule has 6 atom stereocenters. The Balaban J connectivity index is 1.75. The molecule has 0 amide bonds. The third-order valence-corrected chi connectivity index (χ3v) is 6.69. The number of carboxylic acids is 1. The standard InChI is InChI=1S/C22H33NO4/c1-27-19-6-8-20(16(12-19)5-9-22(25)26)15-4-7-21(18(11-15)14-24)17-3-2-10-23-13-17/h6,8,11,13,15-17,19-21,24H,2-5,7,9-10,12,14H2,1H3,(H,25,26). The molecule has 0 bridgehead atoms. The van der Waals surface area contributed by atoms with Gasteiger partial charge in [-0.15, -0.1) is 0 Å². The maximum absolute atomic E-state index is 11.1. The highest BCUT2D eigenvalue weighted by molar-refractivity contribution is 5.66. The highest BCUT2D eigenvalue weighted by Gasteiger charge is 2.36. The number of ether oxygens (including phenoxy) is 1. The summed E-state index contributed by atoms with van der Waals surface area (Å²) in [7, 11) is 1.71. The average Bonchev–Trinajstić information content (AvgIpc) is 2.72. The molecule has 1 heterocycles. The van der Waals surface area contributed by atoms with Crippen LogP contribution in [0, 0.1) is 29.6 Å². The Morgan fingerprint density at radius 3 is 2.78 bits per heavy atom. The van der Waals surface area contributed by atoms with Crippen molar-refractivity contribution < 1.29 is 19.7 Å². The molecule has 6 unspecified atom stereocenters. The molecule has 3 rings (SSSR count). The summed E-state index contributed by atoms with van der Waals surface area (Å²) >= 11 is 0. The third-order valence-electron chi connectivity index (χ3n) is 6.69. The molecule has 0 aromatic carbocycles. The van der Waals surface area contributed by atoms with Crippen molar-refractivity contribution in [3.8, 4) is 0 Å². The van der Waals surface area contributed by atoms with Crippen LogP contribution in [0.5, 0.6) is 0 Å². The number of rotatable bonds is 7. The Bertz CT molecular complexity index is 597. The number of carboxylic acid groups (broad SMARTS) is 1. The number of aliphatic imine (C=N–C) groups is 1. The number of aliphatic hydroxyl groups is 1. The summed E-state index contributed by atoms with van der Waals surface area (Å²) in [5, 5.41) is 19.1. The zero-order valence-electron chi connectivity index (χ0n) is 16.3. The normalized spacial score (nSPS) is 36.4. The van der Waals surface area contributed by atoms with Crippen LogP contribution in [0.4, 0.5) is 0 Å². The molecule has 5 nitrogen and oxygen atoms in total. The summed E-state index contributed by atoms with van der Waals surface area (Å²) in [6, 6.07) is 0. The fourth-order valence-corrected chi connectivity index (χ4v) is 5.24. The molecule has 0 spiro atoms. The van der Waals surface area contributed by atoms with Gasteiger partial charge in [0.05, 0.1) is 12.7 Å². The third kappa shape index (κ3) is 5.08. The van der Waals surface area contributed by atoms with Gasteiger partial charge >= 0.3 is 5.97 Å². The molecule has 0 saturated carbocycles. The second-order valence-electron chi connectivity index (χ2n) is 8.27. The summed E-state index contributed by atoms with van der Waals surface area (Å²) in [4.78, 5) is 15.6. The van der Waals surface area contributed by atoms with Crippen molar-refractivity contribution in [1.82, 2.24) is 0 Å². The van der Waals surface area contributed by atoms with E-state index in [0.717, 1.165) is 44.2 Å². The summed E-state index contributed by atoms with van der Waals surface area (Å²) in [5.74, 6) is 1.15. The summed E-state index contributed by atoms with van der Waals surface area (Å²) in [6.45, 7) is 1.05. The molecule has 1 aliphatic heterocycles. The minimum atomic E-state index is -0.732. The lowest BCUT2D eigenvalue weighted by Gasteiger charge is -2.40. The smallest absolute Gasteiger partial charge is 0.303 e. The van der Waals surface area contributed by atoms with Crippen molar-refractivity contribution in [3.63, 3.8) is 0 Å². The summed E-state index contributed by atoms with van der Waals surface area (Å²) in [5.41, 5.74) is 1.16. The predicted molar refractivity (Wildman–Crippen MR) is 106 cm³/mol. The number of nitrogens with zero attached hydrogens (tertiary/aromatic N) is 1. The molecule has 150 valence electrons. The zero-order valence-corrected chi connectivity index (χ0v) is 16.3. The predicted octanol–water partition coefficient (Wildman–Crippen LogP) is 3.48. The molecular weight excluding hydrogens is 342 g/mol. The molecule has 3 aliphatic rings. The summed E-state index contributed by atoms with van der Waals surface area (Å²) < 4.78 is 5.50. The van der Waals surface area contributed by atoms with Gasteiger partial charge in [-0.05, 0) is 67.8 Å². The molecular formula is C22H33NO4. The number of carbonyl (C=O) groups is 1. The van der Waals surface area contributed by atoms with Crippen molar-refractivity contribution in [2.75, 3.05) is 20.3 Å². The molecule has 5 heteroatoms. The van der Waals surface area contributed by atoms with Gasteiger partial charge in [-0.25, -0.2) is 0 Å². The van der Waals surface area contributed by atoms with Crippen molar-refractivity contribution in [3.05, 3.63) is 23.8 Å².